The topological polar surface area (TPSA) is 108 Å². The molecule has 0 saturated heterocycles. The minimum Gasteiger partial charge on any atom is -0.756 e. The first-order valence-corrected chi connectivity index (χ1v) is 30.8. The fraction of sp³-hybridized carbons (Fsp3) is 0.787. The molecule has 0 aliphatic heterocycles. The summed E-state index contributed by atoms with van der Waals surface area (Å²) < 4.78 is 23.3. The molecule has 0 aliphatic carbocycles. The first kappa shape index (κ1) is 67.9. The highest BCUT2D eigenvalue weighted by Gasteiger charge is 2.23. The summed E-state index contributed by atoms with van der Waals surface area (Å²) in [4.78, 5) is 25.5. The summed E-state index contributed by atoms with van der Waals surface area (Å²) >= 11 is 0. The lowest BCUT2D eigenvalue weighted by atomic mass is 10.0. The van der Waals surface area contributed by atoms with E-state index in [1.54, 1.807) is 6.08 Å². The number of quaternary nitrogens is 1. The van der Waals surface area contributed by atoms with Crippen LogP contribution < -0.4 is 10.2 Å². The molecule has 8 nitrogen and oxygen atoms in total. The first-order valence-electron chi connectivity index (χ1n) is 29.3. The summed E-state index contributed by atoms with van der Waals surface area (Å²) in [5.41, 5.74) is 0. The molecule has 0 aliphatic rings. The third-order valence-corrected chi connectivity index (χ3v) is 13.8. The predicted molar refractivity (Wildman–Crippen MR) is 302 cm³/mol. The minimum atomic E-state index is -4.61. The Balaban J connectivity index is 4.27. The van der Waals surface area contributed by atoms with Gasteiger partial charge in [-0.2, -0.15) is 0 Å². The number of likely N-dealkylation sites (N-methyl/N-ethyl adjacent to an activating group) is 1. The molecule has 0 heterocycles. The molecule has 3 unspecified atom stereocenters. The summed E-state index contributed by atoms with van der Waals surface area (Å²) in [6.45, 7) is 4.62. The van der Waals surface area contributed by atoms with E-state index >= 15 is 0 Å². The van der Waals surface area contributed by atoms with Gasteiger partial charge in [0.05, 0.1) is 39.9 Å². The predicted octanol–water partition coefficient (Wildman–Crippen LogP) is 17.2. The fourth-order valence-corrected chi connectivity index (χ4v) is 8.97. The summed E-state index contributed by atoms with van der Waals surface area (Å²) in [6, 6.07) is -0.915. The molecule has 0 spiro atoms. The second kappa shape index (κ2) is 51.8. The van der Waals surface area contributed by atoms with Crippen LogP contribution in [-0.4, -0.2) is 68.5 Å². The van der Waals surface area contributed by atoms with Crippen molar-refractivity contribution in [3.05, 3.63) is 72.9 Å². The van der Waals surface area contributed by atoms with E-state index in [0.717, 1.165) is 57.8 Å². The third-order valence-electron chi connectivity index (χ3n) is 12.9. The number of rotatable bonds is 53. The van der Waals surface area contributed by atoms with Gasteiger partial charge in [0.15, 0.2) is 0 Å². The average molecular weight is 1000 g/mol. The molecule has 0 aromatic rings. The van der Waals surface area contributed by atoms with Gasteiger partial charge in [-0.3, -0.25) is 9.36 Å². The number of allylic oxidation sites excluding steroid dienone is 11. The summed E-state index contributed by atoms with van der Waals surface area (Å²) in [7, 11) is 1.23. The SMILES string of the molecule is CCCCCCC/C=C\C/C=C\C/C=C\CCCCCCCCCCCCCCC(=O)NC(COP(=O)([O-])OCC[N+](C)(C)C)C(O)/C=C/CC/C=C/CC/C=C/CCCCCCCCCCCCC. The highest BCUT2D eigenvalue weighted by molar-refractivity contribution is 7.45. The molecule has 0 radical (unpaired) electrons. The first-order chi connectivity index (χ1) is 34.0. The van der Waals surface area contributed by atoms with Crippen LogP contribution in [0.1, 0.15) is 258 Å². The quantitative estimate of drug-likeness (QED) is 0.0272. The van der Waals surface area contributed by atoms with Crippen molar-refractivity contribution >= 4 is 13.7 Å². The summed E-state index contributed by atoms with van der Waals surface area (Å²) in [5, 5.41) is 13.9. The molecule has 3 atom stereocenters. The van der Waals surface area contributed by atoms with Crippen molar-refractivity contribution in [2.24, 2.45) is 0 Å². The van der Waals surface area contributed by atoms with Gasteiger partial charge in [-0.25, -0.2) is 0 Å². The molecule has 0 bridgehead atoms. The van der Waals surface area contributed by atoms with Gasteiger partial charge < -0.3 is 28.8 Å². The molecule has 0 fully saturated rings. The number of nitrogens with one attached hydrogen (secondary N) is 1. The molecule has 0 rings (SSSR count). The number of hydrogen-bond acceptors (Lipinski definition) is 6. The molecular weight excluding hydrogens is 888 g/mol. The highest BCUT2D eigenvalue weighted by Crippen LogP contribution is 2.38. The van der Waals surface area contributed by atoms with E-state index in [1.165, 1.54) is 180 Å². The number of carbonyl (C=O) groups excluding carboxylic acids is 1. The van der Waals surface area contributed by atoms with Crippen LogP contribution in [0.15, 0.2) is 72.9 Å². The largest absolute Gasteiger partial charge is 0.756 e. The number of carbonyl (C=O) groups is 1. The third kappa shape index (κ3) is 53.7. The molecule has 0 aromatic carbocycles. The Labute approximate surface area is 434 Å². The van der Waals surface area contributed by atoms with Crippen LogP contribution >= 0.6 is 7.82 Å². The van der Waals surface area contributed by atoms with E-state index in [4.69, 9.17) is 9.05 Å². The number of hydrogen-bond donors (Lipinski definition) is 2. The molecule has 408 valence electrons. The van der Waals surface area contributed by atoms with E-state index in [9.17, 15) is 19.4 Å². The molecule has 2 N–H and O–H groups in total. The van der Waals surface area contributed by atoms with Crippen molar-refractivity contribution in [2.45, 2.75) is 270 Å². The zero-order valence-electron chi connectivity index (χ0n) is 46.5. The summed E-state index contributed by atoms with van der Waals surface area (Å²) in [5.74, 6) is -0.214. The second-order valence-electron chi connectivity index (χ2n) is 21.0. The molecule has 9 heteroatoms. The maximum atomic E-state index is 13.0. The normalized spacial score (nSPS) is 14.4. The van der Waals surface area contributed by atoms with Crippen LogP contribution in [0, 0.1) is 0 Å². The number of phosphoric acid groups is 1. The van der Waals surface area contributed by atoms with Crippen molar-refractivity contribution in [1.29, 1.82) is 0 Å². The highest BCUT2D eigenvalue weighted by atomic mass is 31.2. The van der Waals surface area contributed by atoms with Gasteiger partial charge in [0, 0.05) is 6.42 Å². The van der Waals surface area contributed by atoms with E-state index in [1.807, 2.05) is 27.2 Å². The number of nitrogens with zero attached hydrogens (tertiary/aromatic N) is 1. The maximum Gasteiger partial charge on any atom is 0.268 e. The Morgan fingerprint density at radius 3 is 1.26 bits per heavy atom. The number of unbranched alkanes of at least 4 members (excludes halogenated alkanes) is 30. The molecule has 0 aromatic heterocycles. The lowest BCUT2D eigenvalue weighted by Gasteiger charge is -2.29. The summed E-state index contributed by atoms with van der Waals surface area (Å²) in [6.07, 6.45) is 71.2. The van der Waals surface area contributed by atoms with E-state index in [2.05, 4.69) is 79.9 Å². The van der Waals surface area contributed by atoms with Gasteiger partial charge in [0.2, 0.25) is 5.91 Å². The average Bonchev–Trinajstić information content (AvgIpc) is 3.32. The lowest BCUT2D eigenvalue weighted by Crippen LogP contribution is -2.45. The Morgan fingerprint density at radius 1 is 0.500 bits per heavy atom. The van der Waals surface area contributed by atoms with Gasteiger partial charge >= 0.3 is 0 Å². The molecule has 70 heavy (non-hydrogen) atoms. The minimum absolute atomic E-state index is 0.0117. The monoisotopic (exact) mass is 1000 g/mol. The van der Waals surface area contributed by atoms with Gasteiger partial charge in [-0.05, 0) is 83.5 Å². The van der Waals surface area contributed by atoms with Crippen molar-refractivity contribution in [3.8, 4) is 0 Å². The lowest BCUT2D eigenvalue weighted by molar-refractivity contribution is -0.870. The van der Waals surface area contributed by atoms with Crippen molar-refractivity contribution in [2.75, 3.05) is 40.9 Å². The van der Waals surface area contributed by atoms with E-state index in [-0.39, 0.29) is 12.5 Å². The van der Waals surface area contributed by atoms with Crippen molar-refractivity contribution in [1.82, 2.24) is 5.32 Å². The van der Waals surface area contributed by atoms with E-state index < -0.39 is 26.6 Å². The van der Waals surface area contributed by atoms with Crippen LogP contribution in [0.25, 0.3) is 0 Å². The van der Waals surface area contributed by atoms with Crippen LogP contribution in [0.4, 0.5) is 0 Å². The number of amides is 1. The van der Waals surface area contributed by atoms with Gasteiger partial charge in [-0.1, -0.05) is 241 Å². The van der Waals surface area contributed by atoms with Gasteiger partial charge in [-0.15, -0.1) is 0 Å². The molecule has 1 amide bonds. The Kier molecular flexibility index (Phi) is 50.3. The Hall–Kier alpha value is -2.06. The zero-order chi connectivity index (χ0) is 51.3. The standard InChI is InChI=1S/C61H113N2O6P/c1-6-8-10-12-14-16-18-20-22-24-26-28-29-30-31-32-33-35-37-39-41-43-45-47-49-51-53-55-61(65)62-59(58-69-70(66,67)68-57-56-63(3,4)5)60(64)54-52-50-48-46-44-42-40-38-36-34-27-25-23-21-19-17-15-13-11-9-7-2/h18,20,24,26,29-30,36,38,44,46,52,54,59-60,64H,6-17,19,21-23,25,27-28,31-35,37,39-43,45,47-51,53,55-58H2,1-5H3,(H-,62,65,66,67)/b20-18-,26-24-,30-29-,38-36+,46-44+,54-52+. The van der Waals surface area contributed by atoms with Crippen molar-refractivity contribution in [3.63, 3.8) is 0 Å². The van der Waals surface area contributed by atoms with Gasteiger partial charge in [0.1, 0.15) is 13.2 Å². The zero-order valence-corrected chi connectivity index (χ0v) is 47.4. The van der Waals surface area contributed by atoms with Crippen LogP contribution in [0.3, 0.4) is 0 Å². The maximum absolute atomic E-state index is 13.0. The smallest absolute Gasteiger partial charge is 0.268 e. The fourth-order valence-electron chi connectivity index (χ4n) is 8.25. The Bertz CT molecular complexity index is 1370. The van der Waals surface area contributed by atoms with Crippen molar-refractivity contribution < 1.29 is 32.9 Å². The van der Waals surface area contributed by atoms with Crippen LogP contribution in [0.2, 0.25) is 0 Å². The molecular formula is C61H113N2O6P. The van der Waals surface area contributed by atoms with Crippen LogP contribution in [0.5, 0.6) is 0 Å². The number of aliphatic hydroxyl groups is 1. The Morgan fingerprint density at radius 2 is 0.843 bits per heavy atom. The van der Waals surface area contributed by atoms with Crippen LogP contribution in [-0.2, 0) is 18.4 Å². The number of phosphoric ester groups is 1. The molecule has 0 saturated carbocycles. The van der Waals surface area contributed by atoms with Gasteiger partial charge in [0.25, 0.3) is 7.82 Å². The van der Waals surface area contributed by atoms with E-state index in [0.29, 0.717) is 17.4 Å². The second-order valence-corrected chi connectivity index (χ2v) is 22.4. The number of aliphatic hydroxyl groups excluding tert-OH is 1.